The van der Waals surface area contributed by atoms with Crippen LogP contribution in [0.5, 0.6) is 5.88 Å². The van der Waals surface area contributed by atoms with Gasteiger partial charge in [0.25, 0.3) is 15.9 Å². The summed E-state index contributed by atoms with van der Waals surface area (Å²) < 4.78 is 41.1. The Morgan fingerprint density at radius 1 is 1.06 bits per heavy atom. The summed E-state index contributed by atoms with van der Waals surface area (Å²) in [5, 5.41) is 5.70. The first-order chi connectivity index (χ1) is 22.6. The molecule has 1 saturated heterocycles. The summed E-state index contributed by atoms with van der Waals surface area (Å²) in [6, 6.07) is 12.3. The predicted octanol–water partition coefficient (Wildman–Crippen LogP) is 4.70. The number of carbonyl (C=O) groups is 3. The Morgan fingerprint density at radius 3 is 2.38 bits per heavy atom. The smallest absolute Gasteiger partial charge is 0.408 e. The topological polar surface area (TPSA) is 169 Å². The first kappa shape index (κ1) is 34.6. The third kappa shape index (κ3) is 7.87. The predicted molar refractivity (Wildman–Crippen MR) is 179 cm³/mol. The highest BCUT2D eigenvalue weighted by molar-refractivity contribution is 7.92. The van der Waals surface area contributed by atoms with Crippen LogP contribution in [0.3, 0.4) is 0 Å². The van der Waals surface area contributed by atoms with Crippen molar-refractivity contribution in [2.75, 3.05) is 17.8 Å². The number of aromatic nitrogens is 2. The van der Waals surface area contributed by atoms with Crippen molar-refractivity contribution in [3.05, 3.63) is 65.2 Å². The van der Waals surface area contributed by atoms with Crippen molar-refractivity contribution in [2.24, 2.45) is 0 Å². The number of hydrogen-bond acceptors (Lipinski definition) is 9. The third-order valence-corrected chi connectivity index (χ3v) is 9.49. The van der Waals surface area contributed by atoms with E-state index in [-0.39, 0.29) is 54.1 Å². The van der Waals surface area contributed by atoms with Crippen LogP contribution in [0.15, 0.2) is 53.4 Å². The second-order valence-electron chi connectivity index (χ2n) is 13.2. The zero-order valence-corrected chi connectivity index (χ0v) is 28.9. The van der Waals surface area contributed by atoms with Crippen molar-refractivity contribution in [3.63, 3.8) is 0 Å². The van der Waals surface area contributed by atoms with Gasteiger partial charge in [-0.25, -0.2) is 22.9 Å². The van der Waals surface area contributed by atoms with Crippen LogP contribution in [0.25, 0.3) is 11.3 Å². The molecular weight excluding hydrogens is 636 g/mol. The van der Waals surface area contributed by atoms with E-state index in [1.54, 1.807) is 31.7 Å². The van der Waals surface area contributed by atoms with Gasteiger partial charge in [0.1, 0.15) is 11.6 Å². The number of anilines is 1. The van der Waals surface area contributed by atoms with E-state index in [0.29, 0.717) is 18.5 Å². The molecule has 0 unspecified atom stereocenters. The highest BCUT2D eigenvalue weighted by atomic mass is 32.2. The number of benzene rings is 2. The maximum absolute atomic E-state index is 13.7. The molecule has 48 heavy (non-hydrogen) atoms. The number of rotatable bonds is 5. The molecule has 3 heterocycles. The number of piperidine rings is 1. The number of amides is 3. The summed E-state index contributed by atoms with van der Waals surface area (Å²) in [5.41, 5.74) is 1.14. The lowest BCUT2D eigenvalue weighted by Crippen LogP contribution is -2.61. The zero-order valence-electron chi connectivity index (χ0n) is 28.0. The Bertz CT molecular complexity index is 1810. The Hall–Kier alpha value is -4.72. The van der Waals surface area contributed by atoms with Gasteiger partial charge in [0.2, 0.25) is 17.7 Å². The number of hydrogen-bond donors (Lipinski definition) is 3. The molecule has 2 aliphatic rings. The Labute approximate surface area is 280 Å². The summed E-state index contributed by atoms with van der Waals surface area (Å²) >= 11 is 0. The minimum atomic E-state index is -4.17. The van der Waals surface area contributed by atoms with Crippen LogP contribution in [0, 0.1) is 13.8 Å². The number of carbonyl (C=O) groups excluding carboxylic acids is 3. The Kier molecular flexibility index (Phi) is 9.67. The van der Waals surface area contributed by atoms with Crippen molar-refractivity contribution in [1.82, 2.24) is 25.5 Å². The van der Waals surface area contributed by atoms with Crippen LogP contribution in [0.4, 0.5) is 10.7 Å². The summed E-state index contributed by atoms with van der Waals surface area (Å²) in [6.07, 6.45) is 0.766. The highest BCUT2D eigenvalue weighted by Gasteiger charge is 2.42. The fourth-order valence-corrected chi connectivity index (χ4v) is 6.88. The minimum Gasteiger partial charge on any atom is -0.451 e. The monoisotopic (exact) mass is 678 g/mol. The number of ether oxygens (including phenoxy) is 2. The van der Waals surface area contributed by atoms with Crippen LogP contribution >= 0.6 is 0 Å². The normalized spacial score (nSPS) is 17.5. The molecule has 3 amide bonds. The molecule has 2 aliphatic heterocycles. The van der Waals surface area contributed by atoms with Gasteiger partial charge in [0.15, 0.2) is 5.72 Å². The molecule has 1 aromatic heterocycles. The molecule has 1 fully saturated rings. The quantitative estimate of drug-likeness (QED) is 0.347. The lowest BCUT2D eigenvalue weighted by Gasteiger charge is -2.42. The van der Waals surface area contributed by atoms with Gasteiger partial charge in [0, 0.05) is 43.1 Å². The van der Waals surface area contributed by atoms with Gasteiger partial charge in [-0.05, 0) is 70.4 Å². The van der Waals surface area contributed by atoms with E-state index in [1.165, 1.54) is 24.3 Å². The van der Waals surface area contributed by atoms with E-state index in [9.17, 15) is 22.8 Å². The van der Waals surface area contributed by atoms with E-state index < -0.39 is 39.4 Å². The molecule has 13 nitrogen and oxygen atoms in total. The van der Waals surface area contributed by atoms with Crippen LogP contribution in [-0.2, 0) is 19.6 Å². The second-order valence-corrected chi connectivity index (χ2v) is 14.9. The van der Waals surface area contributed by atoms with Crippen LogP contribution in [0.2, 0.25) is 0 Å². The molecule has 256 valence electrons. The number of fused-ring (bicyclic) bond motifs is 4. The molecular formula is C34H42N6O7S. The van der Waals surface area contributed by atoms with E-state index >= 15 is 0 Å². The third-order valence-electron chi connectivity index (χ3n) is 8.16. The average molecular weight is 679 g/mol. The van der Waals surface area contributed by atoms with Crippen molar-refractivity contribution >= 4 is 33.9 Å². The van der Waals surface area contributed by atoms with E-state index in [0.717, 1.165) is 16.7 Å². The fourth-order valence-electron chi connectivity index (χ4n) is 5.89. The Morgan fingerprint density at radius 2 is 1.73 bits per heavy atom. The van der Waals surface area contributed by atoms with Gasteiger partial charge >= 0.3 is 6.09 Å². The second kappa shape index (κ2) is 13.4. The number of nitrogens with zero attached hydrogens (tertiary/aromatic N) is 3. The van der Waals surface area contributed by atoms with Crippen LogP contribution < -0.4 is 20.1 Å². The summed E-state index contributed by atoms with van der Waals surface area (Å²) in [5.74, 6) is -0.964. The van der Waals surface area contributed by atoms with Gasteiger partial charge in [-0.3, -0.25) is 9.59 Å². The average Bonchev–Trinajstić information content (AvgIpc) is 2.99. The number of likely N-dealkylation sites (tertiary alicyclic amines) is 1. The molecule has 14 heteroatoms. The molecule has 0 aliphatic carbocycles. The fraction of sp³-hybridized carbons (Fsp3) is 0.441. The number of nitrogens with one attached hydrogen (secondary N) is 3. The summed E-state index contributed by atoms with van der Waals surface area (Å²) in [4.78, 5) is 50.3. The van der Waals surface area contributed by atoms with Gasteiger partial charge in [-0.1, -0.05) is 37.6 Å². The Balaban J connectivity index is 1.49. The van der Waals surface area contributed by atoms with Gasteiger partial charge in [-0.15, -0.1) is 0 Å². The van der Waals surface area contributed by atoms with Gasteiger partial charge in [-0.2, -0.15) is 4.98 Å². The van der Waals surface area contributed by atoms with Crippen molar-refractivity contribution in [1.29, 1.82) is 0 Å². The first-order valence-electron chi connectivity index (χ1n) is 16.0. The molecule has 1 spiro atoms. The molecule has 2 aromatic carbocycles. The number of aryl methyl sites for hydroxylation is 2. The lowest BCUT2D eigenvalue weighted by atomic mass is 9.97. The lowest BCUT2D eigenvalue weighted by molar-refractivity contribution is -0.137. The molecule has 5 rings (SSSR count). The van der Waals surface area contributed by atoms with Gasteiger partial charge < -0.3 is 25.0 Å². The summed E-state index contributed by atoms with van der Waals surface area (Å²) in [6.45, 7) is 11.4. The van der Waals surface area contributed by atoms with Gasteiger partial charge in [0.05, 0.1) is 10.6 Å². The van der Waals surface area contributed by atoms with E-state index in [2.05, 4.69) is 25.3 Å². The molecule has 3 aromatic rings. The standard InChI is InChI=1S/C34H42N6O7S/c1-7-10-25(36-32(43)47-33(4,5)6)30(42)40-17-15-34(16-18-40)38-29(41)23-13-9-14-24(19-23)48(44,45)39-31-35-26(20-27(37-31)46-34)28-21(2)11-8-12-22(28)3/h8-9,11-14,19-20,25H,7,10,15-18H2,1-6H3,(H,36,43)(H,38,41)(H,35,37,39)/t25-/m0/s1. The first-order valence-corrected chi connectivity index (χ1v) is 17.4. The molecule has 4 bridgehead atoms. The van der Waals surface area contributed by atoms with E-state index in [1.807, 2.05) is 39.0 Å². The summed E-state index contributed by atoms with van der Waals surface area (Å²) in [7, 11) is -4.17. The maximum Gasteiger partial charge on any atom is 0.408 e. The van der Waals surface area contributed by atoms with Crippen molar-refractivity contribution < 1.29 is 32.3 Å². The van der Waals surface area contributed by atoms with Crippen molar-refractivity contribution in [2.45, 2.75) is 89.5 Å². The molecule has 1 atom stereocenters. The zero-order chi connectivity index (χ0) is 34.9. The largest absolute Gasteiger partial charge is 0.451 e. The van der Waals surface area contributed by atoms with E-state index in [4.69, 9.17) is 9.47 Å². The van der Waals surface area contributed by atoms with Crippen molar-refractivity contribution in [3.8, 4) is 17.1 Å². The van der Waals surface area contributed by atoms with Crippen LogP contribution in [-0.4, -0.2) is 71.7 Å². The minimum absolute atomic E-state index is 0.0418. The molecule has 3 N–H and O–H groups in total. The molecule has 0 radical (unpaired) electrons. The maximum atomic E-state index is 13.7. The SMILES string of the molecule is CCC[C@H](NC(=O)OC(C)(C)C)C(=O)N1CCC2(CC1)NC(=O)c1cccc(c1)S(=O)(=O)Nc1nc(cc(-c3c(C)cccc3C)n1)O2. The number of sulfonamides is 1. The highest BCUT2D eigenvalue weighted by Crippen LogP contribution is 2.33. The number of alkyl carbamates (subject to hydrolysis) is 1. The van der Waals surface area contributed by atoms with Crippen LogP contribution in [0.1, 0.15) is 74.9 Å². The molecule has 0 saturated carbocycles.